The minimum Gasteiger partial charge on any atom is -0.480 e. The van der Waals surface area contributed by atoms with Gasteiger partial charge in [0.15, 0.2) is 0 Å². The molecule has 248 valence electrons. The zero-order valence-electron chi connectivity index (χ0n) is 25.9. The Morgan fingerprint density at radius 3 is 2.56 bits per heavy atom. The van der Waals surface area contributed by atoms with Crippen LogP contribution in [0.5, 0.6) is 5.88 Å². The first-order chi connectivity index (χ1) is 23.0. The second-order valence-electron chi connectivity index (χ2n) is 12.4. The van der Waals surface area contributed by atoms with Gasteiger partial charge in [0, 0.05) is 42.8 Å². The zero-order valence-corrected chi connectivity index (χ0v) is 25.9. The lowest BCUT2D eigenvalue weighted by Gasteiger charge is -2.39. The van der Waals surface area contributed by atoms with E-state index in [0.29, 0.717) is 61.5 Å². The van der Waals surface area contributed by atoms with Crippen LogP contribution in [0.3, 0.4) is 0 Å². The third kappa shape index (κ3) is 6.20. The second-order valence-corrected chi connectivity index (χ2v) is 12.4. The molecule has 2 atom stereocenters. The van der Waals surface area contributed by atoms with E-state index in [1.807, 2.05) is 29.2 Å². The van der Waals surface area contributed by atoms with Crippen LogP contribution in [0.4, 0.5) is 24.9 Å². The quantitative estimate of drug-likeness (QED) is 0.219. The molecule has 0 radical (unpaired) electrons. The lowest BCUT2D eigenvalue weighted by molar-refractivity contribution is -0.198. The molecule has 0 amide bonds. The topological polar surface area (TPSA) is 157 Å². The Bertz CT molecular complexity index is 1990. The number of anilines is 2. The highest BCUT2D eigenvalue weighted by Crippen LogP contribution is 2.43. The number of piperidine rings is 1. The number of nitrogens with two attached hydrogens (primary N) is 1. The molecule has 0 unspecified atom stereocenters. The fourth-order valence-electron chi connectivity index (χ4n) is 6.62. The highest BCUT2D eigenvalue weighted by molar-refractivity contribution is 5.84. The number of hydrogen-bond acceptors (Lipinski definition) is 10. The van der Waals surface area contributed by atoms with Gasteiger partial charge < -0.3 is 25.8 Å². The van der Waals surface area contributed by atoms with Crippen LogP contribution >= 0.6 is 0 Å². The van der Waals surface area contributed by atoms with E-state index in [0.717, 1.165) is 10.9 Å². The first-order valence-electron chi connectivity index (χ1n) is 15.4. The van der Waals surface area contributed by atoms with Crippen LogP contribution in [-0.4, -0.2) is 72.9 Å². The van der Waals surface area contributed by atoms with E-state index >= 15 is 0 Å². The van der Waals surface area contributed by atoms with Gasteiger partial charge >= 0.3 is 12.1 Å². The summed E-state index contributed by atoms with van der Waals surface area (Å²) < 4.78 is 51.8. The summed E-state index contributed by atoms with van der Waals surface area (Å²) in [6.45, 7) is 3.40. The first kappa shape index (κ1) is 31.3. The molecule has 2 aliphatic rings. The molecule has 1 spiro atoms. The van der Waals surface area contributed by atoms with E-state index in [1.165, 1.54) is 16.8 Å². The maximum absolute atomic E-state index is 14.9. The maximum Gasteiger partial charge on any atom is 0.429 e. The number of benzene rings is 2. The van der Waals surface area contributed by atoms with Crippen molar-refractivity contribution >= 4 is 28.6 Å². The predicted molar refractivity (Wildman–Crippen MR) is 171 cm³/mol. The van der Waals surface area contributed by atoms with E-state index in [9.17, 15) is 23.1 Å². The van der Waals surface area contributed by atoms with Crippen molar-refractivity contribution in [3.63, 3.8) is 0 Å². The van der Waals surface area contributed by atoms with E-state index in [2.05, 4.69) is 30.6 Å². The number of carboxylic acid groups (broad SMARTS) is 1. The van der Waals surface area contributed by atoms with Crippen LogP contribution in [-0.2, 0) is 4.79 Å². The average molecular weight is 660 g/mol. The van der Waals surface area contributed by atoms with Crippen LogP contribution in [0.2, 0.25) is 0 Å². The van der Waals surface area contributed by atoms with Gasteiger partial charge in [-0.05, 0) is 73.1 Å². The van der Waals surface area contributed by atoms with Crippen LogP contribution in [0.1, 0.15) is 36.6 Å². The van der Waals surface area contributed by atoms with Gasteiger partial charge in [0.2, 0.25) is 17.9 Å². The minimum atomic E-state index is -4.84. The number of fused-ring (bicyclic) bond motifs is 1. The van der Waals surface area contributed by atoms with Crippen LogP contribution in [0.15, 0.2) is 67.0 Å². The molecule has 12 nitrogen and oxygen atoms in total. The number of aromatic nitrogens is 6. The second kappa shape index (κ2) is 12.0. The van der Waals surface area contributed by atoms with Crippen molar-refractivity contribution in [2.75, 3.05) is 30.3 Å². The predicted octanol–water partition coefficient (Wildman–Crippen LogP) is 4.88. The minimum absolute atomic E-state index is 0.160. The van der Waals surface area contributed by atoms with Crippen molar-refractivity contribution in [3.8, 4) is 22.7 Å². The summed E-state index contributed by atoms with van der Waals surface area (Å²) in [5.41, 5.74) is 8.63. The number of carbonyl (C=O) groups is 1. The molecule has 2 fully saturated rings. The van der Waals surface area contributed by atoms with Crippen molar-refractivity contribution in [1.29, 1.82) is 0 Å². The van der Waals surface area contributed by atoms with Gasteiger partial charge in [-0.2, -0.15) is 38.4 Å². The number of hydrogen-bond donors (Lipinski definition) is 3. The Labute approximate surface area is 272 Å². The summed E-state index contributed by atoms with van der Waals surface area (Å²) in [6.07, 6.45) is -2.16. The van der Waals surface area contributed by atoms with Crippen molar-refractivity contribution in [1.82, 2.24) is 35.3 Å². The lowest BCUT2D eigenvalue weighted by atomic mass is 9.76. The van der Waals surface area contributed by atoms with Gasteiger partial charge in [-0.15, -0.1) is 0 Å². The van der Waals surface area contributed by atoms with E-state index < -0.39 is 24.3 Å². The molecule has 15 heteroatoms. The third-order valence-corrected chi connectivity index (χ3v) is 9.18. The summed E-state index contributed by atoms with van der Waals surface area (Å²) in [7, 11) is 0. The highest BCUT2D eigenvalue weighted by Gasteiger charge is 2.46. The van der Waals surface area contributed by atoms with E-state index in [4.69, 9.17) is 10.5 Å². The number of rotatable bonds is 7. The molecule has 5 aromatic rings. The number of nitrogens with zero attached hydrogens (tertiary/aromatic N) is 7. The number of carboxylic acids is 1. The van der Waals surface area contributed by atoms with Gasteiger partial charge in [-0.3, -0.25) is 4.79 Å². The van der Waals surface area contributed by atoms with Crippen LogP contribution in [0, 0.1) is 12.3 Å². The Balaban J connectivity index is 1.20. The van der Waals surface area contributed by atoms with Gasteiger partial charge in [0.1, 0.15) is 11.9 Å². The summed E-state index contributed by atoms with van der Waals surface area (Å²) >= 11 is 0. The van der Waals surface area contributed by atoms with Crippen molar-refractivity contribution in [3.05, 3.63) is 78.2 Å². The Morgan fingerprint density at radius 1 is 1.08 bits per heavy atom. The zero-order chi connectivity index (χ0) is 33.6. The normalized spacial score (nSPS) is 18.3. The summed E-state index contributed by atoms with van der Waals surface area (Å²) in [6, 6.07) is 14.5. The summed E-state index contributed by atoms with van der Waals surface area (Å²) in [4.78, 5) is 21.7. The Morgan fingerprint density at radius 2 is 1.85 bits per heavy atom. The molecule has 7 rings (SSSR count). The maximum atomic E-state index is 14.9. The third-order valence-electron chi connectivity index (χ3n) is 9.18. The van der Waals surface area contributed by atoms with Crippen molar-refractivity contribution < 1.29 is 27.8 Å². The van der Waals surface area contributed by atoms with Gasteiger partial charge in [-0.1, -0.05) is 18.2 Å². The Hall–Kier alpha value is -5.31. The average Bonchev–Trinajstić information content (AvgIpc) is 3.69. The smallest absolute Gasteiger partial charge is 0.429 e. The molecule has 5 heterocycles. The number of aliphatic carboxylic acids is 1. The number of aryl methyl sites for hydroxylation is 1. The molecule has 0 aliphatic carbocycles. The summed E-state index contributed by atoms with van der Waals surface area (Å²) in [5, 5.41) is 25.7. The Kier molecular flexibility index (Phi) is 7.86. The fourth-order valence-corrected chi connectivity index (χ4v) is 6.62. The molecule has 2 aliphatic heterocycles. The molecular weight excluding hydrogens is 627 g/mol. The van der Waals surface area contributed by atoms with Gasteiger partial charge in [0.25, 0.3) is 0 Å². The SMILES string of the molecule is Cc1ccn(-c2cc(-c3ccc4nnccc4c3)ccc2[C@@H](Oc2cc(N3CCC4(CC3)CN[C@H](C(=O)O)C4)nc(N)n2)C(F)(F)F)n1. The molecule has 48 heavy (non-hydrogen) atoms. The largest absolute Gasteiger partial charge is 0.480 e. The molecular formula is C33H32F3N9O3. The standard InChI is InChI=1S/C33H32F3N9O3/c1-19-7-11-45(43-19)26-15-21(20-3-5-24-22(14-20)6-10-39-42-24)2-4-23(26)29(33(34,35)36)48-28-16-27(40-31(37)41-28)44-12-8-32(9-13-44)17-25(30(46)47)38-18-32/h2-7,10-11,14-16,25,29,38H,8-9,12-13,17-18H2,1H3,(H,46,47)(H2,37,40,41)/t25-,29+/m0/s1. The van der Waals surface area contributed by atoms with E-state index in [1.54, 1.807) is 37.5 Å². The molecule has 4 N–H and O–H groups in total. The van der Waals surface area contributed by atoms with Crippen LogP contribution in [0.25, 0.3) is 27.7 Å². The first-order valence-corrected chi connectivity index (χ1v) is 15.4. The van der Waals surface area contributed by atoms with Crippen LogP contribution < -0.4 is 20.7 Å². The monoisotopic (exact) mass is 659 g/mol. The fraction of sp³-hybridized carbons (Fsp3) is 0.333. The van der Waals surface area contributed by atoms with E-state index in [-0.39, 0.29) is 28.5 Å². The highest BCUT2D eigenvalue weighted by atomic mass is 19.4. The number of alkyl halides is 3. The number of nitrogens with one attached hydrogen (secondary N) is 1. The number of nitrogen functional groups attached to an aromatic ring is 1. The van der Waals surface area contributed by atoms with Gasteiger partial charge in [-0.25, -0.2) is 4.68 Å². The number of halogens is 3. The molecule has 3 aromatic heterocycles. The number of ether oxygens (including phenoxy) is 1. The van der Waals surface area contributed by atoms with Crippen molar-refractivity contribution in [2.24, 2.45) is 5.41 Å². The molecule has 0 saturated carbocycles. The molecule has 2 saturated heterocycles. The van der Waals surface area contributed by atoms with Crippen molar-refractivity contribution in [2.45, 2.75) is 44.5 Å². The van der Waals surface area contributed by atoms with Gasteiger partial charge in [0.05, 0.1) is 23.1 Å². The summed E-state index contributed by atoms with van der Waals surface area (Å²) in [5.74, 6) is -1.08. The lowest BCUT2D eigenvalue weighted by Crippen LogP contribution is -2.41. The molecule has 2 aromatic carbocycles. The molecule has 0 bridgehead atoms.